The standard InChI is InChI=1S/C10H7FO3/c11-8-3-1-7(2-4-8)9(12)5-6-10(13)14/h1-6H,(H,13,14)/p-1/b6-5+. The third kappa shape index (κ3) is 2.82. The first-order chi connectivity index (χ1) is 6.59. The van der Waals surface area contributed by atoms with Gasteiger partial charge in [-0.3, -0.25) is 4.79 Å². The molecule has 0 aliphatic heterocycles. The fourth-order valence-electron chi connectivity index (χ4n) is 0.854. The van der Waals surface area contributed by atoms with Gasteiger partial charge in [0.05, 0.1) is 5.97 Å². The lowest BCUT2D eigenvalue weighted by atomic mass is 10.1. The third-order valence-corrected chi connectivity index (χ3v) is 1.50. The SMILES string of the molecule is O=C([O-])/C=C/C(=O)c1ccc(F)cc1. The third-order valence-electron chi connectivity index (χ3n) is 1.50. The molecule has 0 saturated heterocycles. The lowest BCUT2D eigenvalue weighted by Crippen LogP contribution is -2.19. The molecule has 0 amide bonds. The Balaban J connectivity index is 2.80. The molecule has 0 aliphatic carbocycles. The minimum Gasteiger partial charge on any atom is -0.545 e. The minimum absolute atomic E-state index is 0.226. The van der Waals surface area contributed by atoms with Gasteiger partial charge in [-0.25, -0.2) is 4.39 Å². The van der Waals surface area contributed by atoms with E-state index >= 15 is 0 Å². The molecule has 0 N–H and O–H groups in total. The topological polar surface area (TPSA) is 57.2 Å². The highest BCUT2D eigenvalue weighted by molar-refractivity contribution is 6.06. The zero-order valence-electron chi connectivity index (χ0n) is 7.07. The fourth-order valence-corrected chi connectivity index (χ4v) is 0.854. The number of rotatable bonds is 3. The molecule has 14 heavy (non-hydrogen) atoms. The van der Waals surface area contributed by atoms with Crippen LogP contribution in [0.3, 0.4) is 0 Å². The highest BCUT2D eigenvalue weighted by atomic mass is 19.1. The van der Waals surface area contributed by atoms with Gasteiger partial charge in [-0.15, -0.1) is 0 Å². The van der Waals surface area contributed by atoms with Crippen molar-refractivity contribution in [3.63, 3.8) is 0 Å². The Morgan fingerprint density at radius 2 is 1.71 bits per heavy atom. The maximum atomic E-state index is 12.4. The maximum absolute atomic E-state index is 12.4. The molecule has 4 heteroatoms. The summed E-state index contributed by atoms with van der Waals surface area (Å²) in [6.07, 6.45) is 1.49. The number of hydrogen-bond acceptors (Lipinski definition) is 3. The van der Waals surface area contributed by atoms with Crippen LogP contribution in [0, 0.1) is 5.82 Å². The van der Waals surface area contributed by atoms with Gasteiger partial charge in [0.15, 0.2) is 5.78 Å². The van der Waals surface area contributed by atoms with Gasteiger partial charge in [0.25, 0.3) is 0 Å². The predicted molar refractivity (Wildman–Crippen MR) is 44.9 cm³/mol. The van der Waals surface area contributed by atoms with Crippen molar-refractivity contribution >= 4 is 11.8 Å². The Labute approximate surface area is 79.5 Å². The number of hydrogen-bond donors (Lipinski definition) is 0. The van der Waals surface area contributed by atoms with Gasteiger partial charge in [0, 0.05) is 5.56 Å². The molecular weight excluding hydrogens is 187 g/mol. The van der Waals surface area contributed by atoms with E-state index in [4.69, 9.17) is 0 Å². The molecule has 1 rings (SSSR count). The summed E-state index contributed by atoms with van der Waals surface area (Å²) in [4.78, 5) is 21.1. The Hall–Kier alpha value is -1.97. The average Bonchev–Trinajstić information content (AvgIpc) is 2.15. The molecule has 1 aromatic carbocycles. The summed E-state index contributed by atoms with van der Waals surface area (Å²) in [5.41, 5.74) is 0.226. The lowest BCUT2D eigenvalue weighted by Gasteiger charge is -1.95. The van der Waals surface area contributed by atoms with Gasteiger partial charge in [-0.05, 0) is 36.4 Å². The number of halogens is 1. The average molecular weight is 193 g/mol. The van der Waals surface area contributed by atoms with Gasteiger partial charge in [-0.2, -0.15) is 0 Å². The fraction of sp³-hybridized carbons (Fsp3) is 0. The number of ketones is 1. The van der Waals surface area contributed by atoms with E-state index in [2.05, 4.69) is 0 Å². The van der Waals surface area contributed by atoms with E-state index in [1.165, 1.54) is 12.1 Å². The molecule has 0 atom stereocenters. The van der Waals surface area contributed by atoms with E-state index in [1.807, 2.05) is 0 Å². The number of carboxylic acids is 1. The van der Waals surface area contributed by atoms with E-state index in [-0.39, 0.29) is 5.56 Å². The van der Waals surface area contributed by atoms with Crippen LogP contribution in [0.5, 0.6) is 0 Å². The van der Waals surface area contributed by atoms with Crippen molar-refractivity contribution in [3.8, 4) is 0 Å². The van der Waals surface area contributed by atoms with Crippen LogP contribution in [0.25, 0.3) is 0 Å². The zero-order chi connectivity index (χ0) is 10.6. The predicted octanol–water partition coefficient (Wildman–Crippen LogP) is 0.314. The summed E-state index contributed by atoms with van der Waals surface area (Å²) >= 11 is 0. The summed E-state index contributed by atoms with van der Waals surface area (Å²) in [6.45, 7) is 0. The smallest absolute Gasteiger partial charge is 0.185 e. The van der Waals surface area contributed by atoms with E-state index < -0.39 is 17.6 Å². The second-order valence-electron chi connectivity index (χ2n) is 2.52. The summed E-state index contributed by atoms with van der Waals surface area (Å²) < 4.78 is 12.4. The van der Waals surface area contributed by atoms with Crippen LogP contribution in [-0.2, 0) is 4.79 Å². The van der Waals surface area contributed by atoms with Crippen LogP contribution in [0.4, 0.5) is 4.39 Å². The van der Waals surface area contributed by atoms with Crippen molar-refractivity contribution in [3.05, 3.63) is 47.8 Å². The van der Waals surface area contributed by atoms with Crippen LogP contribution < -0.4 is 5.11 Å². The van der Waals surface area contributed by atoms with Crippen molar-refractivity contribution in [2.45, 2.75) is 0 Å². The molecule has 0 spiro atoms. The maximum Gasteiger partial charge on any atom is 0.185 e. The molecule has 72 valence electrons. The van der Waals surface area contributed by atoms with Crippen molar-refractivity contribution in [2.24, 2.45) is 0 Å². The summed E-state index contributed by atoms with van der Waals surface area (Å²) in [5, 5.41) is 9.98. The summed E-state index contributed by atoms with van der Waals surface area (Å²) in [5.74, 6) is -2.40. The molecule has 1 aromatic rings. The monoisotopic (exact) mass is 193 g/mol. The van der Waals surface area contributed by atoms with Crippen molar-refractivity contribution in [1.82, 2.24) is 0 Å². The number of benzene rings is 1. The normalized spacial score (nSPS) is 10.4. The van der Waals surface area contributed by atoms with Gasteiger partial charge in [0.1, 0.15) is 5.82 Å². The Kier molecular flexibility index (Phi) is 3.12. The van der Waals surface area contributed by atoms with Crippen LogP contribution >= 0.6 is 0 Å². The molecule has 0 aliphatic rings. The number of carboxylic acid groups (broad SMARTS) is 1. The van der Waals surface area contributed by atoms with Crippen molar-refractivity contribution in [1.29, 1.82) is 0 Å². The van der Waals surface area contributed by atoms with Crippen molar-refractivity contribution < 1.29 is 19.1 Å². The van der Waals surface area contributed by atoms with E-state index in [9.17, 15) is 19.1 Å². The number of allylic oxidation sites excluding steroid dienone is 1. The van der Waals surface area contributed by atoms with Gasteiger partial charge in [-0.1, -0.05) is 0 Å². The Bertz CT molecular complexity index is 379. The highest BCUT2D eigenvalue weighted by Crippen LogP contribution is 2.03. The van der Waals surface area contributed by atoms with Crippen LogP contribution in [0.1, 0.15) is 10.4 Å². The van der Waals surface area contributed by atoms with Crippen LogP contribution in [0.2, 0.25) is 0 Å². The van der Waals surface area contributed by atoms with E-state index in [0.29, 0.717) is 6.08 Å². The second-order valence-corrected chi connectivity index (χ2v) is 2.52. The quantitative estimate of drug-likeness (QED) is 0.513. The minimum atomic E-state index is -1.44. The molecule has 0 fully saturated rings. The molecule has 0 saturated carbocycles. The van der Waals surface area contributed by atoms with Crippen molar-refractivity contribution in [2.75, 3.05) is 0 Å². The number of carbonyl (C=O) groups excluding carboxylic acids is 2. The molecule has 0 heterocycles. The van der Waals surface area contributed by atoms with Gasteiger partial charge >= 0.3 is 0 Å². The number of carbonyl (C=O) groups is 2. The highest BCUT2D eigenvalue weighted by Gasteiger charge is 2.00. The summed E-state index contributed by atoms with van der Waals surface area (Å²) in [7, 11) is 0. The van der Waals surface area contributed by atoms with E-state index in [1.54, 1.807) is 0 Å². The van der Waals surface area contributed by atoms with E-state index in [0.717, 1.165) is 18.2 Å². The zero-order valence-corrected chi connectivity index (χ0v) is 7.07. The first-order valence-corrected chi connectivity index (χ1v) is 3.78. The number of aliphatic carboxylic acids is 1. The first kappa shape index (κ1) is 10.1. The van der Waals surface area contributed by atoms with Gasteiger partial charge in [0.2, 0.25) is 0 Å². The Morgan fingerprint density at radius 3 is 2.21 bits per heavy atom. The molecule has 3 nitrogen and oxygen atoms in total. The Morgan fingerprint density at radius 1 is 1.14 bits per heavy atom. The molecule has 0 bridgehead atoms. The summed E-state index contributed by atoms with van der Waals surface area (Å²) in [6, 6.07) is 4.80. The van der Waals surface area contributed by atoms with Gasteiger partial charge < -0.3 is 9.90 Å². The van der Waals surface area contributed by atoms with Crippen LogP contribution in [-0.4, -0.2) is 11.8 Å². The molecule has 0 aromatic heterocycles. The molecule has 0 radical (unpaired) electrons. The lowest BCUT2D eigenvalue weighted by molar-refractivity contribution is -0.297. The van der Waals surface area contributed by atoms with Crippen LogP contribution in [0.15, 0.2) is 36.4 Å². The largest absolute Gasteiger partial charge is 0.545 e. The first-order valence-electron chi connectivity index (χ1n) is 3.78. The second kappa shape index (κ2) is 4.32. The molecular formula is C10H6FO3-. The molecule has 0 unspecified atom stereocenters.